The van der Waals surface area contributed by atoms with Gasteiger partial charge in [-0.3, -0.25) is 0 Å². The molecule has 4 aromatic carbocycles. The second kappa shape index (κ2) is 8.62. The molecule has 0 aliphatic heterocycles. The molecule has 0 heterocycles. The number of aliphatic hydroxyl groups excluding tert-OH is 2. The fourth-order valence-electron chi connectivity index (χ4n) is 6.03. The van der Waals surface area contributed by atoms with E-state index in [4.69, 9.17) is 0 Å². The van der Waals surface area contributed by atoms with Gasteiger partial charge in [0, 0.05) is 5.41 Å². The third-order valence-electron chi connectivity index (χ3n) is 7.56. The summed E-state index contributed by atoms with van der Waals surface area (Å²) in [7, 11) is 0. The molecule has 0 saturated carbocycles. The van der Waals surface area contributed by atoms with Crippen LogP contribution in [0, 0.1) is 0 Å². The molecule has 5 rings (SSSR count). The minimum atomic E-state index is -0.154. The van der Waals surface area contributed by atoms with Crippen LogP contribution in [0.15, 0.2) is 84.9 Å². The van der Waals surface area contributed by atoms with E-state index >= 15 is 0 Å². The van der Waals surface area contributed by atoms with Gasteiger partial charge in [-0.25, -0.2) is 0 Å². The van der Waals surface area contributed by atoms with E-state index in [1.807, 2.05) is 36.4 Å². The lowest BCUT2D eigenvalue weighted by atomic mass is 9.69. The lowest BCUT2D eigenvalue weighted by Gasteiger charge is -2.34. The van der Waals surface area contributed by atoms with Crippen LogP contribution in [-0.4, -0.2) is 10.2 Å². The van der Waals surface area contributed by atoms with Crippen LogP contribution < -0.4 is 0 Å². The third kappa shape index (κ3) is 3.09. The van der Waals surface area contributed by atoms with E-state index in [2.05, 4.69) is 62.4 Å². The lowest BCUT2D eigenvalue weighted by molar-refractivity contribution is 0.260. The maximum atomic E-state index is 10.7. The normalized spacial score (nSPS) is 13.6. The Kier molecular flexibility index (Phi) is 5.65. The van der Waals surface area contributed by atoms with Gasteiger partial charge in [0.1, 0.15) is 0 Å². The summed E-state index contributed by atoms with van der Waals surface area (Å²) in [6, 6.07) is 29.4. The Hall–Kier alpha value is -3.20. The van der Waals surface area contributed by atoms with Gasteiger partial charge in [-0.15, -0.1) is 0 Å². The van der Waals surface area contributed by atoms with Crippen LogP contribution in [0.1, 0.15) is 48.9 Å². The first-order valence-corrected chi connectivity index (χ1v) is 11.9. The second-order valence-corrected chi connectivity index (χ2v) is 8.84. The SMILES string of the molecule is CCC1(CC)c2ccccc2-c2c(-c3ccccc3)c(CO)c(CO)c(-c3ccccc3)c21. The monoisotopic (exact) mass is 434 g/mol. The first kappa shape index (κ1) is 21.6. The Morgan fingerprint density at radius 1 is 0.576 bits per heavy atom. The maximum absolute atomic E-state index is 10.7. The van der Waals surface area contributed by atoms with E-state index in [1.165, 1.54) is 22.3 Å². The molecule has 0 amide bonds. The van der Waals surface area contributed by atoms with Crippen LogP contribution in [0.3, 0.4) is 0 Å². The molecular weight excluding hydrogens is 404 g/mol. The van der Waals surface area contributed by atoms with Crippen LogP contribution in [0.4, 0.5) is 0 Å². The highest BCUT2D eigenvalue weighted by molar-refractivity contribution is 6.00. The largest absolute Gasteiger partial charge is 0.392 e. The van der Waals surface area contributed by atoms with Crippen molar-refractivity contribution in [1.82, 2.24) is 0 Å². The van der Waals surface area contributed by atoms with E-state index in [0.717, 1.165) is 46.2 Å². The van der Waals surface area contributed by atoms with Gasteiger partial charge in [0.25, 0.3) is 0 Å². The predicted octanol–water partition coefficient (Wildman–Crippen LogP) is 7.09. The first-order chi connectivity index (χ1) is 16.2. The van der Waals surface area contributed by atoms with Gasteiger partial charge in [-0.1, -0.05) is 98.8 Å². The molecule has 2 N–H and O–H groups in total. The molecule has 0 aromatic heterocycles. The van der Waals surface area contributed by atoms with Gasteiger partial charge in [-0.05, 0) is 68.5 Å². The molecule has 4 aromatic rings. The summed E-state index contributed by atoms with van der Waals surface area (Å²) in [5, 5.41) is 21.4. The van der Waals surface area contributed by atoms with Crippen molar-refractivity contribution in [3.63, 3.8) is 0 Å². The summed E-state index contributed by atoms with van der Waals surface area (Å²) in [5.74, 6) is 0. The van der Waals surface area contributed by atoms with E-state index in [1.54, 1.807) is 0 Å². The Morgan fingerprint density at radius 3 is 1.61 bits per heavy atom. The zero-order valence-electron chi connectivity index (χ0n) is 19.3. The van der Waals surface area contributed by atoms with E-state index in [9.17, 15) is 10.2 Å². The number of benzene rings is 4. The number of fused-ring (bicyclic) bond motifs is 3. The van der Waals surface area contributed by atoms with Crippen molar-refractivity contribution in [3.8, 4) is 33.4 Å². The van der Waals surface area contributed by atoms with Crippen LogP contribution in [0.25, 0.3) is 33.4 Å². The molecule has 0 saturated heterocycles. The zero-order valence-corrected chi connectivity index (χ0v) is 19.3. The standard InChI is InChI=1S/C31H30O2/c1-3-31(4-2)26-18-12-11-17-23(26)29-27(21-13-7-5-8-14-21)24(19-32)25(20-33)28(30(29)31)22-15-9-6-10-16-22/h5-18,32-33H,3-4,19-20H2,1-2H3. The molecule has 2 heteroatoms. The molecular formula is C31H30O2. The second-order valence-electron chi connectivity index (χ2n) is 8.84. The van der Waals surface area contributed by atoms with Crippen LogP contribution in [0.5, 0.6) is 0 Å². The maximum Gasteiger partial charge on any atom is 0.0691 e. The summed E-state index contributed by atoms with van der Waals surface area (Å²) in [4.78, 5) is 0. The highest BCUT2D eigenvalue weighted by Gasteiger charge is 2.45. The van der Waals surface area contributed by atoms with Gasteiger partial charge in [0.05, 0.1) is 13.2 Å². The number of hydrogen-bond acceptors (Lipinski definition) is 2. The summed E-state index contributed by atoms with van der Waals surface area (Å²) < 4.78 is 0. The Labute approximate surface area is 196 Å². The quantitative estimate of drug-likeness (QED) is 0.340. The van der Waals surface area contributed by atoms with Gasteiger partial charge < -0.3 is 10.2 Å². The third-order valence-corrected chi connectivity index (χ3v) is 7.56. The first-order valence-electron chi connectivity index (χ1n) is 11.9. The molecule has 2 nitrogen and oxygen atoms in total. The number of aliphatic hydroxyl groups is 2. The molecule has 1 aliphatic rings. The zero-order chi connectivity index (χ0) is 23.0. The Bertz CT molecular complexity index is 1290. The lowest BCUT2D eigenvalue weighted by Crippen LogP contribution is -2.25. The van der Waals surface area contributed by atoms with E-state index < -0.39 is 0 Å². The minimum absolute atomic E-state index is 0.118. The molecule has 1 aliphatic carbocycles. The van der Waals surface area contributed by atoms with Gasteiger partial charge in [0.2, 0.25) is 0 Å². The Morgan fingerprint density at radius 2 is 1.06 bits per heavy atom. The van der Waals surface area contributed by atoms with E-state index in [-0.39, 0.29) is 18.6 Å². The highest BCUT2D eigenvalue weighted by Crippen LogP contribution is 2.60. The molecule has 166 valence electrons. The summed E-state index contributed by atoms with van der Waals surface area (Å²) >= 11 is 0. The molecule has 0 atom stereocenters. The average Bonchev–Trinajstić information content (AvgIpc) is 3.18. The molecule has 0 bridgehead atoms. The van der Waals surface area contributed by atoms with Gasteiger partial charge in [0.15, 0.2) is 0 Å². The molecule has 33 heavy (non-hydrogen) atoms. The fraction of sp³-hybridized carbons (Fsp3) is 0.226. The molecule has 0 unspecified atom stereocenters. The van der Waals surface area contributed by atoms with E-state index in [0.29, 0.717) is 0 Å². The van der Waals surface area contributed by atoms with Crippen molar-refractivity contribution >= 4 is 0 Å². The van der Waals surface area contributed by atoms with Crippen LogP contribution in [-0.2, 0) is 18.6 Å². The average molecular weight is 435 g/mol. The number of rotatable bonds is 6. The fourth-order valence-corrected chi connectivity index (χ4v) is 6.03. The topological polar surface area (TPSA) is 40.5 Å². The molecule has 0 spiro atoms. The smallest absolute Gasteiger partial charge is 0.0691 e. The predicted molar refractivity (Wildman–Crippen MR) is 136 cm³/mol. The van der Waals surface area contributed by atoms with Gasteiger partial charge in [-0.2, -0.15) is 0 Å². The van der Waals surface area contributed by atoms with Crippen LogP contribution in [0.2, 0.25) is 0 Å². The van der Waals surface area contributed by atoms with Crippen molar-refractivity contribution in [2.45, 2.75) is 45.3 Å². The van der Waals surface area contributed by atoms with Crippen molar-refractivity contribution < 1.29 is 10.2 Å². The summed E-state index contributed by atoms with van der Waals surface area (Å²) in [5.41, 5.74) is 10.9. The van der Waals surface area contributed by atoms with Crippen molar-refractivity contribution in [2.24, 2.45) is 0 Å². The minimum Gasteiger partial charge on any atom is -0.392 e. The van der Waals surface area contributed by atoms with Gasteiger partial charge >= 0.3 is 0 Å². The van der Waals surface area contributed by atoms with Crippen molar-refractivity contribution in [1.29, 1.82) is 0 Å². The molecule has 0 radical (unpaired) electrons. The number of hydrogen-bond donors (Lipinski definition) is 2. The molecule has 0 fully saturated rings. The van der Waals surface area contributed by atoms with Crippen LogP contribution >= 0.6 is 0 Å². The Balaban J connectivity index is 2.06. The van der Waals surface area contributed by atoms with Crippen molar-refractivity contribution in [2.75, 3.05) is 0 Å². The van der Waals surface area contributed by atoms with Crippen molar-refractivity contribution in [3.05, 3.63) is 107 Å². The highest BCUT2D eigenvalue weighted by atomic mass is 16.3. The summed E-state index contributed by atoms with van der Waals surface area (Å²) in [6.45, 7) is 4.30. The summed E-state index contributed by atoms with van der Waals surface area (Å²) in [6.07, 6.45) is 1.93.